The molecule has 0 saturated carbocycles. The van der Waals surface area contributed by atoms with Crippen LogP contribution in [0, 0.1) is 0 Å². The van der Waals surface area contributed by atoms with Gasteiger partial charge in [0.1, 0.15) is 23.9 Å². The fourth-order valence-corrected chi connectivity index (χ4v) is 4.53. The Balaban J connectivity index is 2.32. The summed E-state index contributed by atoms with van der Waals surface area (Å²) in [5.41, 5.74) is -0.235. The van der Waals surface area contributed by atoms with Crippen molar-refractivity contribution in [1.29, 1.82) is 0 Å². The average molecular weight is 509 g/mol. The van der Waals surface area contributed by atoms with E-state index in [1.807, 2.05) is 0 Å². The zero-order valence-electron chi connectivity index (χ0n) is 20.6. The summed E-state index contributed by atoms with van der Waals surface area (Å²) in [6, 6.07) is 6.77. The van der Waals surface area contributed by atoms with Gasteiger partial charge in [0.2, 0.25) is 0 Å². The molecule has 0 spiro atoms. The van der Waals surface area contributed by atoms with Crippen molar-refractivity contribution in [1.82, 2.24) is 0 Å². The fourth-order valence-electron chi connectivity index (χ4n) is 3.42. The third-order valence-electron chi connectivity index (χ3n) is 4.81. The molecule has 1 aliphatic heterocycles. The van der Waals surface area contributed by atoms with Gasteiger partial charge in [0, 0.05) is 19.4 Å². The monoisotopic (exact) mass is 508 g/mol. The lowest BCUT2D eigenvalue weighted by atomic mass is 9.99. The van der Waals surface area contributed by atoms with Crippen molar-refractivity contribution in [3.63, 3.8) is 0 Å². The standard InChI is InChI=1S/C25H32O9S/c1-14(2)31-23-22(33-17(6)27)21(12-30-16(5)26)34-25(24(23)32-15(3)4)35-13-20(28)18-8-10-19(29-7)11-9-18/h8-11,21-25H,1,3,12-13H2,2,4-7H3. The van der Waals surface area contributed by atoms with Crippen LogP contribution >= 0.6 is 11.8 Å². The topological polar surface area (TPSA) is 107 Å². The number of ketones is 1. The molecule has 9 nitrogen and oxygen atoms in total. The Labute approximate surface area is 209 Å². The van der Waals surface area contributed by atoms with E-state index in [1.54, 1.807) is 45.2 Å². The number of ether oxygens (including phenoxy) is 6. The number of hydrogen-bond donors (Lipinski definition) is 0. The maximum Gasteiger partial charge on any atom is 0.303 e. The summed E-state index contributed by atoms with van der Waals surface area (Å²) in [6.07, 6.45) is -3.51. The zero-order chi connectivity index (χ0) is 26.1. The Hall–Kier alpha value is -2.98. The van der Waals surface area contributed by atoms with Crippen molar-refractivity contribution in [2.24, 2.45) is 0 Å². The predicted molar refractivity (Wildman–Crippen MR) is 130 cm³/mol. The molecule has 10 heteroatoms. The lowest BCUT2D eigenvalue weighted by molar-refractivity contribution is -0.228. The van der Waals surface area contributed by atoms with E-state index in [9.17, 15) is 14.4 Å². The molecule has 1 aromatic rings. The number of esters is 2. The van der Waals surface area contributed by atoms with E-state index in [4.69, 9.17) is 28.4 Å². The van der Waals surface area contributed by atoms with Crippen LogP contribution in [0.15, 0.2) is 48.9 Å². The molecular weight excluding hydrogens is 476 g/mol. The molecule has 1 aromatic carbocycles. The Morgan fingerprint density at radius 2 is 1.49 bits per heavy atom. The number of methoxy groups -OCH3 is 1. The zero-order valence-corrected chi connectivity index (χ0v) is 21.4. The summed E-state index contributed by atoms with van der Waals surface area (Å²) < 4.78 is 33.8. The number of carbonyl (C=O) groups is 3. The van der Waals surface area contributed by atoms with Crippen molar-refractivity contribution in [2.75, 3.05) is 19.5 Å². The molecule has 1 heterocycles. The minimum absolute atomic E-state index is 0.0609. The van der Waals surface area contributed by atoms with Gasteiger partial charge in [0.05, 0.1) is 24.4 Å². The molecule has 0 bridgehead atoms. The molecule has 5 unspecified atom stereocenters. The molecule has 1 saturated heterocycles. The van der Waals surface area contributed by atoms with Crippen LogP contribution in [-0.2, 0) is 33.3 Å². The van der Waals surface area contributed by atoms with Crippen LogP contribution in [0.5, 0.6) is 5.75 Å². The third kappa shape index (κ3) is 8.63. The maximum absolute atomic E-state index is 12.8. The number of hydrogen-bond acceptors (Lipinski definition) is 10. The SMILES string of the molecule is C=C(C)OC1C(SCC(=O)c2ccc(OC)cc2)OC(COC(C)=O)C(OC(C)=O)C1OC(=C)C. The molecule has 0 amide bonds. The Bertz CT molecular complexity index is 927. The second kappa shape index (κ2) is 13.2. The Morgan fingerprint density at radius 1 is 0.886 bits per heavy atom. The first-order valence-electron chi connectivity index (χ1n) is 10.9. The third-order valence-corrected chi connectivity index (χ3v) is 5.95. The predicted octanol–water partition coefficient (Wildman–Crippen LogP) is 3.67. The van der Waals surface area contributed by atoms with Gasteiger partial charge in [-0.15, -0.1) is 11.8 Å². The van der Waals surface area contributed by atoms with E-state index >= 15 is 0 Å². The number of carbonyl (C=O) groups excluding carboxylic acids is 3. The number of allylic oxidation sites excluding steroid dienone is 2. The van der Waals surface area contributed by atoms with Gasteiger partial charge in [0.25, 0.3) is 0 Å². The molecule has 0 N–H and O–H groups in total. The van der Waals surface area contributed by atoms with Crippen LogP contribution in [0.1, 0.15) is 38.1 Å². The van der Waals surface area contributed by atoms with E-state index in [2.05, 4.69) is 13.2 Å². The first kappa shape index (κ1) is 28.3. The summed E-state index contributed by atoms with van der Waals surface area (Å²) in [5.74, 6) is 0.208. The first-order valence-corrected chi connectivity index (χ1v) is 12.0. The second-order valence-corrected chi connectivity index (χ2v) is 9.04. The lowest BCUT2D eigenvalue weighted by Gasteiger charge is -2.45. The largest absolute Gasteiger partial charge is 0.497 e. The van der Waals surface area contributed by atoms with Crippen LogP contribution in [0.3, 0.4) is 0 Å². The molecule has 5 atom stereocenters. The molecular formula is C25H32O9S. The molecule has 0 aromatic heterocycles. The van der Waals surface area contributed by atoms with Gasteiger partial charge < -0.3 is 28.4 Å². The quantitative estimate of drug-likeness (QED) is 0.236. The van der Waals surface area contributed by atoms with E-state index in [0.29, 0.717) is 22.8 Å². The molecule has 1 fully saturated rings. The normalized spacial score (nSPS) is 23.5. The summed E-state index contributed by atoms with van der Waals surface area (Å²) in [6.45, 7) is 13.2. The minimum atomic E-state index is -0.970. The first-order chi connectivity index (χ1) is 16.5. The summed E-state index contributed by atoms with van der Waals surface area (Å²) in [5, 5.41) is 0. The number of rotatable bonds is 12. The van der Waals surface area contributed by atoms with Gasteiger partial charge in [-0.3, -0.25) is 14.4 Å². The maximum atomic E-state index is 12.8. The average Bonchev–Trinajstić information content (AvgIpc) is 2.78. The summed E-state index contributed by atoms with van der Waals surface area (Å²) >= 11 is 1.19. The molecule has 1 aliphatic rings. The van der Waals surface area contributed by atoms with Gasteiger partial charge >= 0.3 is 11.9 Å². The van der Waals surface area contributed by atoms with Gasteiger partial charge in [-0.1, -0.05) is 13.2 Å². The summed E-state index contributed by atoms with van der Waals surface area (Å²) in [4.78, 5) is 36.2. The van der Waals surface area contributed by atoms with Crippen molar-refractivity contribution in [3.8, 4) is 5.75 Å². The number of thioether (sulfide) groups is 1. The highest BCUT2D eigenvalue weighted by Crippen LogP contribution is 2.36. The van der Waals surface area contributed by atoms with Crippen molar-refractivity contribution < 1.29 is 42.8 Å². The number of benzene rings is 1. The van der Waals surface area contributed by atoms with Crippen LogP contribution in [-0.4, -0.2) is 67.0 Å². The minimum Gasteiger partial charge on any atom is -0.497 e. The molecule has 192 valence electrons. The van der Waals surface area contributed by atoms with Crippen LogP contribution in [0.25, 0.3) is 0 Å². The van der Waals surface area contributed by atoms with E-state index in [-0.39, 0.29) is 18.1 Å². The van der Waals surface area contributed by atoms with Gasteiger partial charge in [-0.2, -0.15) is 0 Å². The van der Waals surface area contributed by atoms with Crippen LogP contribution in [0.4, 0.5) is 0 Å². The molecule has 0 radical (unpaired) electrons. The van der Waals surface area contributed by atoms with E-state index in [0.717, 1.165) is 0 Å². The van der Waals surface area contributed by atoms with Crippen LogP contribution < -0.4 is 4.74 Å². The smallest absolute Gasteiger partial charge is 0.303 e. The highest BCUT2D eigenvalue weighted by molar-refractivity contribution is 8.00. The molecule has 35 heavy (non-hydrogen) atoms. The summed E-state index contributed by atoms with van der Waals surface area (Å²) in [7, 11) is 1.55. The molecule has 0 aliphatic carbocycles. The second-order valence-electron chi connectivity index (χ2n) is 7.95. The molecule has 2 rings (SSSR count). The van der Waals surface area contributed by atoms with Crippen molar-refractivity contribution in [3.05, 3.63) is 54.5 Å². The Kier molecular flexibility index (Phi) is 10.7. The van der Waals surface area contributed by atoms with E-state index in [1.165, 1.54) is 25.6 Å². The van der Waals surface area contributed by atoms with Gasteiger partial charge in [-0.05, 0) is 38.1 Å². The van der Waals surface area contributed by atoms with Gasteiger partial charge in [-0.25, -0.2) is 0 Å². The number of Topliss-reactive ketones (excluding diaryl/α,β-unsaturated/α-hetero) is 1. The van der Waals surface area contributed by atoms with E-state index < -0.39 is 41.8 Å². The Morgan fingerprint density at radius 3 is 2.00 bits per heavy atom. The highest BCUT2D eigenvalue weighted by Gasteiger charge is 2.51. The van der Waals surface area contributed by atoms with Crippen LogP contribution in [0.2, 0.25) is 0 Å². The highest BCUT2D eigenvalue weighted by atomic mass is 32.2. The lowest BCUT2D eigenvalue weighted by Crippen LogP contribution is -2.60. The van der Waals surface area contributed by atoms with Crippen molar-refractivity contribution >= 4 is 29.5 Å². The van der Waals surface area contributed by atoms with Crippen molar-refractivity contribution in [2.45, 2.75) is 57.5 Å². The van der Waals surface area contributed by atoms with Gasteiger partial charge in [0.15, 0.2) is 24.1 Å². The fraction of sp³-hybridized carbons (Fsp3) is 0.480.